The lowest BCUT2D eigenvalue weighted by molar-refractivity contribution is 0.669. The number of rotatable bonds is 5. The summed E-state index contributed by atoms with van der Waals surface area (Å²) >= 11 is 0. The minimum absolute atomic E-state index is 0.634. The van der Waals surface area contributed by atoms with Crippen molar-refractivity contribution in [3.8, 4) is 56.4 Å². The first-order valence-corrected chi connectivity index (χ1v) is 15.7. The fraction of sp³-hybridized carbons (Fsp3) is 0. The molecule has 0 aliphatic rings. The first kappa shape index (κ1) is 27.0. The van der Waals surface area contributed by atoms with Crippen LogP contribution in [0.15, 0.2) is 168 Å². The smallest absolute Gasteiger partial charge is 0.164 e. The molecule has 0 aliphatic heterocycles. The number of nitrogens with zero attached hydrogens (tertiary/aromatic N) is 3. The van der Waals surface area contributed by atoms with Gasteiger partial charge in [-0.25, -0.2) is 15.0 Å². The molecule has 2 aromatic heterocycles. The van der Waals surface area contributed by atoms with Gasteiger partial charge in [-0.3, -0.25) is 0 Å². The molecule has 0 bridgehead atoms. The van der Waals surface area contributed by atoms with Crippen molar-refractivity contribution in [2.45, 2.75) is 0 Å². The summed E-state index contributed by atoms with van der Waals surface area (Å²) in [4.78, 5) is 14.9. The first-order chi connectivity index (χ1) is 23.3. The Morgan fingerprint density at radius 1 is 0.340 bits per heavy atom. The quantitative estimate of drug-likeness (QED) is 0.197. The van der Waals surface area contributed by atoms with E-state index in [0.29, 0.717) is 17.5 Å². The van der Waals surface area contributed by atoms with Crippen LogP contribution in [0.1, 0.15) is 0 Å². The summed E-state index contributed by atoms with van der Waals surface area (Å²) in [5, 5.41) is 4.61. The zero-order valence-electron chi connectivity index (χ0n) is 25.3. The fourth-order valence-corrected chi connectivity index (χ4v) is 6.57. The van der Waals surface area contributed by atoms with Crippen LogP contribution in [0.3, 0.4) is 0 Å². The zero-order valence-corrected chi connectivity index (χ0v) is 25.3. The highest BCUT2D eigenvalue weighted by Crippen LogP contribution is 2.42. The molecule has 7 aromatic carbocycles. The zero-order chi connectivity index (χ0) is 31.2. The van der Waals surface area contributed by atoms with Crippen LogP contribution in [0.4, 0.5) is 0 Å². The van der Waals surface area contributed by atoms with E-state index in [4.69, 9.17) is 19.4 Å². The van der Waals surface area contributed by atoms with Crippen molar-refractivity contribution in [2.24, 2.45) is 0 Å². The Morgan fingerprint density at radius 2 is 0.830 bits per heavy atom. The van der Waals surface area contributed by atoms with E-state index in [1.165, 1.54) is 16.3 Å². The second-order valence-corrected chi connectivity index (χ2v) is 11.6. The molecule has 0 N–H and O–H groups in total. The summed E-state index contributed by atoms with van der Waals surface area (Å²) in [5.74, 6) is 1.93. The third-order valence-corrected chi connectivity index (χ3v) is 8.73. The molecule has 220 valence electrons. The molecule has 0 unspecified atom stereocenters. The molecule has 0 atom stereocenters. The molecular formula is C43H27N3O. The molecule has 4 heteroatoms. The van der Waals surface area contributed by atoms with Gasteiger partial charge in [-0.1, -0.05) is 146 Å². The lowest BCUT2D eigenvalue weighted by Gasteiger charge is -2.14. The van der Waals surface area contributed by atoms with Gasteiger partial charge < -0.3 is 4.42 Å². The second-order valence-electron chi connectivity index (χ2n) is 11.6. The van der Waals surface area contributed by atoms with Gasteiger partial charge in [-0.05, 0) is 51.2 Å². The molecule has 0 spiro atoms. The topological polar surface area (TPSA) is 51.8 Å². The third-order valence-electron chi connectivity index (χ3n) is 8.73. The van der Waals surface area contributed by atoms with E-state index in [-0.39, 0.29) is 0 Å². The average molecular weight is 602 g/mol. The summed E-state index contributed by atoms with van der Waals surface area (Å²) in [6, 6.07) is 56.3. The molecule has 0 saturated carbocycles. The van der Waals surface area contributed by atoms with Crippen molar-refractivity contribution in [2.75, 3.05) is 0 Å². The van der Waals surface area contributed by atoms with E-state index in [1.807, 2.05) is 72.8 Å². The molecule has 0 amide bonds. The molecular weight excluding hydrogens is 574 g/mol. The van der Waals surface area contributed by atoms with Crippen LogP contribution in [0.2, 0.25) is 0 Å². The maximum absolute atomic E-state index is 6.27. The molecule has 47 heavy (non-hydrogen) atoms. The highest BCUT2D eigenvalue weighted by molar-refractivity contribution is 6.17. The van der Waals surface area contributed by atoms with Crippen molar-refractivity contribution < 1.29 is 4.42 Å². The number of furan rings is 1. The SMILES string of the molecule is c1ccc(-c2nc(-c3ccccc3)nc(-c3cccc(-c4cccc5cccc(-c6cccc7oc8ccccc8c67)c45)c3)n2)cc1. The summed E-state index contributed by atoms with van der Waals surface area (Å²) in [7, 11) is 0. The van der Waals surface area contributed by atoms with Crippen LogP contribution in [0.25, 0.3) is 89.1 Å². The van der Waals surface area contributed by atoms with Crippen molar-refractivity contribution >= 4 is 32.7 Å². The number of hydrogen-bond acceptors (Lipinski definition) is 4. The van der Waals surface area contributed by atoms with Crippen molar-refractivity contribution in [3.63, 3.8) is 0 Å². The predicted octanol–water partition coefficient (Wildman–Crippen LogP) is 11.3. The normalized spacial score (nSPS) is 11.4. The highest BCUT2D eigenvalue weighted by Gasteiger charge is 2.17. The molecule has 9 rings (SSSR count). The monoisotopic (exact) mass is 601 g/mol. The molecule has 4 nitrogen and oxygen atoms in total. The van der Waals surface area contributed by atoms with Gasteiger partial charge >= 0.3 is 0 Å². The minimum Gasteiger partial charge on any atom is -0.456 e. The van der Waals surface area contributed by atoms with Crippen LogP contribution < -0.4 is 0 Å². The van der Waals surface area contributed by atoms with Gasteiger partial charge in [0.05, 0.1) is 0 Å². The second kappa shape index (κ2) is 11.2. The van der Waals surface area contributed by atoms with E-state index in [9.17, 15) is 0 Å². The van der Waals surface area contributed by atoms with Gasteiger partial charge in [0.15, 0.2) is 17.5 Å². The number of benzene rings is 7. The number of para-hydroxylation sites is 1. The van der Waals surface area contributed by atoms with Crippen molar-refractivity contribution in [1.29, 1.82) is 0 Å². The van der Waals surface area contributed by atoms with Crippen LogP contribution in [0.5, 0.6) is 0 Å². The maximum Gasteiger partial charge on any atom is 0.164 e. The molecule has 0 saturated heterocycles. The van der Waals surface area contributed by atoms with Crippen LogP contribution in [-0.2, 0) is 0 Å². The average Bonchev–Trinajstić information content (AvgIpc) is 3.54. The van der Waals surface area contributed by atoms with Gasteiger partial charge in [0.25, 0.3) is 0 Å². The predicted molar refractivity (Wildman–Crippen MR) is 192 cm³/mol. The Balaban J connectivity index is 1.24. The summed E-state index contributed by atoms with van der Waals surface area (Å²) in [5.41, 5.74) is 9.16. The van der Waals surface area contributed by atoms with Gasteiger partial charge in [-0.15, -0.1) is 0 Å². The summed E-state index contributed by atoms with van der Waals surface area (Å²) in [6.45, 7) is 0. The molecule has 9 aromatic rings. The fourth-order valence-electron chi connectivity index (χ4n) is 6.57. The lowest BCUT2D eigenvalue weighted by Crippen LogP contribution is -2.00. The number of fused-ring (bicyclic) bond motifs is 4. The number of hydrogen-bond donors (Lipinski definition) is 0. The van der Waals surface area contributed by atoms with E-state index in [0.717, 1.165) is 55.3 Å². The van der Waals surface area contributed by atoms with Gasteiger partial charge in [0, 0.05) is 27.5 Å². The maximum atomic E-state index is 6.27. The summed E-state index contributed by atoms with van der Waals surface area (Å²) < 4.78 is 6.27. The Labute approximate surface area is 271 Å². The molecule has 2 heterocycles. The molecule has 0 fully saturated rings. The Kier molecular flexibility index (Phi) is 6.43. The van der Waals surface area contributed by atoms with Gasteiger partial charge in [-0.2, -0.15) is 0 Å². The van der Waals surface area contributed by atoms with Gasteiger partial charge in [0.2, 0.25) is 0 Å². The van der Waals surface area contributed by atoms with E-state index < -0.39 is 0 Å². The van der Waals surface area contributed by atoms with Crippen LogP contribution in [0, 0.1) is 0 Å². The van der Waals surface area contributed by atoms with E-state index >= 15 is 0 Å². The highest BCUT2D eigenvalue weighted by atomic mass is 16.3. The molecule has 0 aliphatic carbocycles. The van der Waals surface area contributed by atoms with Gasteiger partial charge in [0.1, 0.15) is 11.2 Å². The van der Waals surface area contributed by atoms with E-state index in [1.54, 1.807) is 0 Å². The Morgan fingerprint density at radius 3 is 1.53 bits per heavy atom. The van der Waals surface area contributed by atoms with E-state index in [2.05, 4.69) is 91.0 Å². The minimum atomic E-state index is 0.634. The lowest BCUT2D eigenvalue weighted by atomic mass is 9.89. The Bertz CT molecular complexity index is 2510. The molecule has 0 radical (unpaired) electrons. The number of aromatic nitrogens is 3. The Hall–Kier alpha value is -6.39. The third kappa shape index (κ3) is 4.75. The van der Waals surface area contributed by atoms with Crippen molar-refractivity contribution in [1.82, 2.24) is 15.0 Å². The first-order valence-electron chi connectivity index (χ1n) is 15.7. The van der Waals surface area contributed by atoms with Crippen LogP contribution >= 0.6 is 0 Å². The summed E-state index contributed by atoms with van der Waals surface area (Å²) in [6.07, 6.45) is 0. The largest absolute Gasteiger partial charge is 0.456 e. The standard InChI is InChI=1S/C43H27N3O/c1-3-13-29(14-4-1)41-44-42(30-15-5-2-6-16-30)46-43(45-41)32-20-9-19-31(27-32)33-22-10-17-28-18-11-23-34(39(28)33)35-24-12-26-38-40(35)36-21-7-8-25-37(36)47-38/h1-27H. The van der Waals surface area contributed by atoms with Crippen LogP contribution in [-0.4, -0.2) is 15.0 Å². The van der Waals surface area contributed by atoms with Crippen molar-refractivity contribution in [3.05, 3.63) is 164 Å².